The molecule has 0 saturated heterocycles. The van der Waals surface area contributed by atoms with Crippen molar-refractivity contribution in [3.8, 4) is 0 Å². The fraction of sp³-hybridized carbons (Fsp3) is 0.933. The summed E-state index contributed by atoms with van der Waals surface area (Å²) >= 11 is 0. The van der Waals surface area contributed by atoms with Crippen molar-refractivity contribution >= 4 is 0 Å². The van der Waals surface area contributed by atoms with E-state index in [1.807, 2.05) is 0 Å². The molecule has 0 aromatic rings. The Labute approximate surface area is 97.8 Å². The summed E-state index contributed by atoms with van der Waals surface area (Å²) in [7, 11) is 0. The minimum Gasteiger partial charge on any atom is -0.0651 e. The molecule has 0 heteroatoms. The molecule has 0 aliphatic rings. The van der Waals surface area contributed by atoms with Crippen LogP contribution in [-0.4, -0.2) is 0 Å². The van der Waals surface area contributed by atoms with E-state index in [1.54, 1.807) is 0 Å². The van der Waals surface area contributed by atoms with E-state index in [0.717, 1.165) is 17.8 Å². The second-order valence-electron chi connectivity index (χ2n) is 5.71. The highest BCUT2D eigenvalue weighted by Crippen LogP contribution is 2.28. The molecule has 0 spiro atoms. The van der Waals surface area contributed by atoms with Crippen LogP contribution in [0.4, 0.5) is 0 Å². The summed E-state index contributed by atoms with van der Waals surface area (Å²) in [5.74, 6) is 3.29. The van der Waals surface area contributed by atoms with Gasteiger partial charge in [-0.1, -0.05) is 54.4 Å². The molecule has 0 aliphatic heterocycles. The summed E-state index contributed by atoms with van der Waals surface area (Å²) in [4.78, 5) is 0. The van der Waals surface area contributed by atoms with E-state index in [2.05, 4.69) is 41.5 Å². The van der Waals surface area contributed by atoms with Gasteiger partial charge in [-0.25, -0.2) is 0 Å². The van der Waals surface area contributed by atoms with Gasteiger partial charge in [-0.2, -0.15) is 0 Å². The topological polar surface area (TPSA) is 0 Å². The quantitative estimate of drug-likeness (QED) is 0.508. The van der Waals surface area contributed by atoms with Crippen LogP contribution in [0.5, 0.6) is 0 Å². The zero-order chi connectivity index (χ0) is 11.8. The van der Waals surface area contributed by atoms with Gasteiger partial charge in [0.1, 0.15) is 0 Å². The molecule has 3 atom stereocenters. The van der Waals surface area contributed by atoms with Gasteiger partial charge in [0.25, 0.3) is 0 Å². The Morgan fingerprint density at radius 1 is 0.800 bits per heavy atom. The summed E-state index contributed by atoms with van der Waals surface area (Å²) < 4.78 is 0. The molecule has 0 rings (SSSR count). The maximum atomic E-state index is 4.14. The fourth-order valence-corrected chi connectivity index (χ4v) is 2.33. The van der Waals surface area contributed by atoms with Crippen LogP contribution in [0.1, 0.15) is 66.7 Å². The third kappa shape index (κ3) is 7.88. The lowest BCUT2D eigenvalue weighted by atomic mass is 9.82. The SMILES string of the molecule is [CH2]C(C)CC(CC(C)CC)CC(C)CC. The van der Waals surface area contributed by atoms with Gasteiger partial charge in [-0.05, 0) is 42.9 Å². The van der Waals surface area contributed by atoms with E-state index in [4.69, 9.17) is 0 Å². The van der Waals surface area contributed by atoms with E-state index in [-0.39, 0.29) is 0 Å². The molecule has 1 radical (unpaired) electrons. The predicted octanol–water partition coefficient (Wildman–Crippen LogP) is 5.34. The van der Waals surface area contributed by atoms with Crippen LogP contribution in [0.2, 0.25) is 0 Å². The van der Waals surface area contributed by atoms with Crippen LogP contribution in [0.25, 0.3) is 0 Å². The normalized spacial score (nSPS) is 17.8. The third-order valence-corrected chi connectivity index (χ3v) is 3.60. The van der Waals surface area contributed by atoms with Gasteiger partial charge in [0, 0.05) is 0 Å². The summed E-state index contributed by atoms with van der Waals surface area (Å²) in [5.41, 5.74) is 0. The average molecular weight is 211 g/mol. The van der Waals surface area contributed by atoms with Crippen LogP contribution >= 0.6 is 0 Å². The fourth-order valence-electron chi connectivity index (χ4n) is 2.33. The van der Waals surface area contributed by atoms with Gasteiger partial charge in [-0.3, -0.25) is 0 Å². The first kappa shape index (κ1) is 15.0. The van der Waals surface area contributed by atoms with Gasteiger partial charge in [-0.15, -0.1) is 0 Å². The van der Waals surface area contributed by atoms with Crippen molar-refractivity contribution in [2.45, 2.75) is 66.7 Å². The van der Waals surface area contributed by atoms with Crippen molar-refractivity contribution in [1.29, 1.82) is 0 Å². The Hall–Kier alpha value is 0. The largest absolute Gasteiger partial charge is 0.0651 e. The first-order valence-electron chi connectivity index (χ1n) is 6.82. The molecule has 0 fully saturated rings. The minimum atomic E-state index is 0.614. The molecule has 91 valence electrons. The number of rotatable bonds is 8. The van der Waals surface area contributed by atoms with Gasteiger partial charge < -0.3 is 0 Å². The maximum Gasteiger partial charge on any atom is -0.0407 e. The number of hydrogen-bond acceptors (Lipinski definition) is 0. The van der Waals surface area contributed by atoms with Crippen LogP contribution in [-0.2, 0) is 0 Å². The second-order valence-corrected chi connectivity index (χ2v) is 5.71. The molecule has 0 bridgehead atoms. The van der Waals surface area contributed by atoms with Crippen LogP contribution in [0, 0.1) is 30.6 Å². The minimum absolute atomic E-state index is 0.614. The molecule has 3 unspecified atom stereocenters. The summed E-state index contributed by atoms with van der Waals surface area (Å²) in [6.07, 6.45) is 6.77. The molecule has 0 aromatic carbocycles. The van der Waals surface area contributed by atoms with E-state index in [0.29, 0.717) is 5.92 Å². The van der Waals surface area contributed by atoms with Crippen LogP contribution in [0.15, 0.2) is 0 Å². The lowest BCUT2D eigenvalue weighted by Crippen LogP contribution is -2.12. The Morgan fingerprint density at radius 3 is 1.47 bits per heavy atom. The second kappa shape index (κ2) is 8.19. The summed E-state index contributed by atoms with van der Waals surface area (Å²) in [5, 5.41) is 0. The maximum absolute atomic E-state index is 4.14. The Morgan fingerprint density at radius 2 is 1.20 bits per heavy atom. The third-order valence-electron chi connectivity index (χ3n) is 3.60. The molecule has 0 heterocycles. The lowest BCUT2D eigenvalue weighted by molar-refractivity contribution is 0.280. The van der Waals surface area contributed by atoms with Crippen molar-refractivity contribution in [2.24, 2.45) is 23.7 Å². The average Bonchev–Trinajstić information content (AvgIpc) is 2.16. The first-order chi connectivity index (χ1) is 6.99. The standard InChI is InChI=1S/C15H31/c1-7-13(5)10-15(9-12(3)4)11-14(6)8-2/h12-15H,3,7-11H2,1-2,4-6H3. The highest BCUT2D eigenvalue weighted by Gasteiger charge is 2.16. The highest BCUT2D eigenvalue weighted by atomic mass is 14.2. The summed E-state index contributed by atoms with van der Waals surface area (Å²) in [6.45, 7) is 15.8. The first-order valence-corrected chi connectivity index (χ1v) is 6.82. The summed E-state index contributed by atoms with van der Waals surface area (Å²) in [6, 6.07) is 0. The zero-order valence-electron chi connectivity index (χ0n) is 11.6. The zero-order valence-corrected chi connectivity index (χ0v) is 11.6. The smallest absolute Gasteiger partial charge is 0.0407 e. The molecule has 15 heavy (non-hydrogen) atoms. The molecule has 0 nitrogen and oxygen atoms in total. The van der Waals surface area contributed by atoms with E-state index < -0.39 is 0 Å². The van der Waals surface area contributed by atoms with Crippen molar-refractivity contribution in [2.75, 3.05) is 0 Å². The Bertz CT molecular complexity index is 125. The monoisotopic (exact) mass is 211 g/mol. The molecule has 0 amide bonds. The van der Waals surface area contributed by atoms with E-state index in [1.165, 1.54) is 32.1 Å². The van der Waals surface area contributed by atoms with Gasteiger partial charge in [0.2, 0.25) is 0 Å². The lowest BCUT2D eigenvalue weighted by Gasteiger charge is -2.24. The van der Waals surface area contributed by atoms with Crippen molar-refractivity contribution in [3.63, 3.8) is 0 Å². The predicted molar refractivity (Wildman–Crippen MR) is 70.8 cm³/mol. The van der Waals surface area contributed by atoms with Crippen LogP contribution < -0.4 is 0 Å². The van der Waals surface area contributed by atoms with E-state index in [9.17, 15) is 0 Å². The van der Waals surface area contributed by atoms with Crippen molar-refractivity contribution in [1.82, 2.24) is 0 Å². The Balaban J connectivity index is 4.05. The van der Waals surface area contributed by atoms with Crippen LogP contribution in [0.3, 0.4) is 0 Å². The molecular weight excluding hydrogens is 180 g/mol. The van der Waals surface area contributed by atoms with Gasteiger partial charge in [0.05, 0.1) is 0 Å². The van der Waals surface area contributed by atoms with E-state index >= 15 is 0 Å². The molecule has 0 N–H and O–H groups in total. The highest BCUT2D eigenvalue weighted by molar-refractivity contribution is 4.70. The van der Waals surface area contributed by atoms with Crippen molar-refractivity contribution in [3.05, 3.63) is 6.92 Å². The van der Waals surface area contributed by atoms with Crippen molar-refractivity contribution < 1.29 is 0 Å². The Kier molecular flexibility index (Phi) is 8.19. The molecule has 0 aliphatic carbocycles. The molecule has 0 aromatic heterocycles. The van der Waals surface area contributed by atoms with Gasteiger partial charge in [0.15, 0.2) is 0 Å². The molecular formula is C15H31. The number of hydrogen-bond donors (Lipinski definition) is 0. The molecule has 0 saturated carbocycles. The van der Waals surface area contributed by atoms with Gasteiger partial charge >= 0.3 is 0 Å².